The maximum Gasteiger partial charge on any atom is 0.255 e. The van der Waals surface area contributed by atoms with Crippen LogP contribution in [-0.4, -0.2) is 21.4 Å². The van der Waals surface area contributed by atoms with Crippen LogP contribution in [0.5, 0.6) is 0 Å². The van der Waals surface area contributed by atoms with Crippen LogP contribution in [0, 0.1) is 6.92 Å². The van der Waals surface area contributed by atoms with Gasteiger partial charge in [-0.25, -0.2) is 0 Å². The lowest BCUT2D eigenvalue weighted by atomic mass is 10.1. The lowest BCUT2D eigenvalue weighted by Gasteiger charge is -2.28. The average Bonchev–Trinajstić information content (AvgIpc) is 3.08. The number of nitrogens with zero attached hydrogens (tertiary/aromatic N) is 2. The average molecular weight is 425 g/mol. The molecular weight excluding hydrogens is 400 g/mol. The largest absolute Gasteiger partial charge is 0.345 e. The minimum atomic E-state index is 0.0422. The lowest BCUT2D eigenvalue weighted by molar-refractivity contribution is 0.0685. The van der Waals surface area contributed by atoms with E-state index < -0.39 is 0 Å². The second kappa shape index (κ2) is 8.57. The van der Waals surface area contributed by atoms with Gasteiger partial charge in [-0.15, -0.1) is 0 Å². The molecule has 0 N–H and O–H groups in total. The van der Waals surface area contributed by atoms with Crippen molar-refractivity contribution in [2.45, 2.75) is 39.9 Å². The van der Waals surface area contributed by atoms with Gasteiger partial charge in [0.25, 0.3) is 5.91 Å². The number of benzene rings is 2. The quantitative estimate of drug-likeness (QED) is 0.501. The highest BCUT2D eigenvalue weighted by Gasteiger charge is 2.22. The fourth-order valence-corrected chi connectivity index (χ4v) is 3.54. The molecule has 0 saturated carbocycles. The molecule has 1 heterocycles. The summed E-state index contributed by atoms with van der Waals surface area (Å²) in [6.45, 7) is 7.59. The summed E-state index contributed by atoms with van der Waals surface area (Å²) in [7, 11) is 0. The summed E-state index contributed by atoms with van der Waals surface area (Å²) in [5, 5.41) is 0. The molecule has 140 valence electrons. The Morgan fingerprint density at radius 3 is 2.41 bits per heavy atom. The highest BCUT2D eigenvalue weighted by atomic mass is 79.9. The van der Waals surface area contributed by atoms with Crippen molar-refractivity contribution in [3.8, 4) is 0 Å². The Kier molecular flexibility index (Phi) is 6.17. The molecule has 0 saturated heterocycles. The van der Waals surface area contributed by atoms with E-state index in [1.807, 2.05) is 35.2 Å². The SMILES string of the molecule is Cc1ccc(Cn2cccc2CN(C(=O)c2ccccc2Br)C(C)C)cc1. The third-order valence-electron chi connectivity index (χ3n) is 4.72. The molecule has 0 atom stereocenters. The van der Waals surface area contributed by atoms with Crippen LogP contribution in [0.1, 0.15) is 41.0 Å². The smallest absolute Gasteiger partial charge is 0.255 e. The first kappa shape index (κ1) is 19.4. The van der Waals surface area contributed by atoms with Crippen molar-refractivity contribution in [1.82, 2.24) is 9.47 Å². The van der Waals surface area contributed by atoms with E-state index in [1.165, 1.54) is 11.1 Å². The van der Waals surface area contributed by atoms with Gasteiger partial charge in [-0.1, -0.05) is 42.0 Å². The van der Waals surface area contributed by atoms with Crippen LogP contribution < -0.4 is 0 Å². The molecule has 0 aliphatic rings. The summed E-state index contributed by atoms with van der Waals surface area (Å²) in [6.07, 6.45) is 2.08. The van der Waals surface area contributed by atoms with Gasteiger partial charge in [0.05, 0.1) is 12.1 Å². The number of aryl methyl sites for hydroxylation is 1. The molecule has 4 heteroatoms. The van der Waals surface area contributed by atoms with Crippen molar-refractivity contribution < 1.29 is 4.79 Å². The molecule has 3 nitrogen and oxygen atoms in total. The Morgan fingerprint density at radius 2 is 1.74 bits per heavy atom. The van der Waals surface area contributed by atoms with Crippen LogP contribution in [0.25, 0.3) is 0 Å². The predicted molar refractivity (Wildman–Crippen MR) is 114 cm³/mol. The number of hydrogen-bond acceptors (Lipinski definition) is 1. The van der Waals surface area contributed by atoms with Gasteiger partial charge in [0.2, 0.25) is 0 Å². The first-order valence-corrected chi connectivity index (χ1v) is 10.00. The number of hydrogen-bond donors (Lipinski definition) is 0. The Bertz CT molecular complexity index is 912. The first-order chi connectivity index (χ1) is 13.0. The fraction of sp³-hybridized carbons (Fsp3) is 0.261. The molecule has 3 aromatic rings. The molecular formula is C23H25BrN2O. The Morgan fingerprint density at radius 1 is 1.04 bits per heavy atom. The minimum Gasteiger partial charge on any atom is -0.345 e. The van der Waals surface area contributed by atoms with E-state index in [4.69, 9.17) is 0 Å². The van der Waals surface area contributed by atoms with Crippen LogP contribution in [-0.2, 0) is 13.1 Å². The van der Waals surface area contributed by atoms with E-state index in [0.717, 1.165) is 16.7 Å². The van der Waals surface area contributed by atoms with E-state index in [2.05, 4.69) is 77.8 Å². The van der Waals surface area contributed by atoms with Crippen molar-refractivity contribution in [3.05, 3.63) is 93.7 Å². The summed E-state index contributed by atoms with van der Waals surface area (Å²) in [4.78, 5) is 15.0. The van der Waals surface area contributed by atoms with Gasteiger partial charge in [0.1, 0.15) is 0 Å². The second-order valence-corrected chi connectivity index (χ2v) is 7.97. The summed E-state index contributed by atoms with van der Waals surface area (Å²) >= 11 is 3.50. The van der Waals surface area contributed by atoms with Crippen LogP contribution in [0.3, 0.4) is 0 Å². The molecule has 2 aromatic carbocycles. The highest BCUT2D eigenvalue weighted by molar-refractivity contribution is 9.10. The Labute approximate surface area is 169 Å². The summed E-state index contributed by atoms with van der Waals surface area (Å²) in [6, 6.07) is 20.4. The third-order valence-corrected chi connectivity index (χ3v) is 5.41. The maximum absolute atomic E-state index is 13.1. The second-order valence-electron chi connectivity index (χ2n) is 7.12. The van der Waals surface area contributed by atoms with Gasteiger partial charge in [-0.3, -0.25) is 4.79 Å². The summed E-state index contributed by atoms with van der Waals surface area (Å²) < 4.78 is 3.04. The standard InChI is InChI=1S/C23H25BrN2O/c1-17(2)26(23(27)21-8-4-5-9-22(21)24)16-20-7-6-14-25(20)15-19-12-10-18(3)11-13-19/h4-14,17H,15-16H2,1-3H3. The number of halogens is 1. The van der Waals surface area contributed by atoms with E-state index >= 15 is 0 Å². The monoisotopic (exact) mass is 424 g/mol. The summed E-state index contributed by atoms with van der Waals surface area (Å²) in [5.41, 5.74) is 4.34. The van der Waals surface area contributed by atoms with E-state index in [-0.39, 0.29) is 11.9 Å². The molecule has 0 fully saturated rings. The van der Waals surface area contributed by atoms with Crippen molar-refractivity contribution in [2.24, 2.45) is 0 Å². The zero-order valence-electron chi connectivity index (χ0n) is 16.0. The van der Waals surface area contributed by atoms with Crippen molar-refractivity contribution >= 4 is 21.8 Å². The third kappa shape index (κ3) is 4.69. The van der Waals surface area contributed by atoms with Crippen molar-refractivity contribution in [3.63, 3.8) is 0 Å². The van der Waals surface area contributed by atoms with E-state index in [9.17, 15) is 4.79 Å². The molecule has 0 unspecified atom stereocenters. The Hall–Kier alpha value is -2.33. The lowest BCUT2D eigenvalue weighted by Crippen LogP contribution is -2.37. The molecule has 0 radical (unpaired) electrons. The molecule has 0 bridgehead atoms. The maximum atomic E-state index is 13.1. The van der Waals surface area contributed by atoms with Crippen molar-refractivity contribution in [2.75, 3.05) is 0 Å². The van der Waals surface area contributed by atoms with Gasteiger partial charge in [0, 0.05) is 29.0 Å². The van der Waals surface area contributed by atoms with Crippen LogP contribution >= 0.6 is 15.9 Å². The van der Waals surface area contributed by atoms with E-state index in [0.29, 0.717) is 12.1 Å². The normalized spacial score (nSPS) is 11.0. The number of rotatable bonds is 6. The molecule has 0 aliphatic heterocycles. The predicted octanol–water partition coefficient (Wildman–Crippen LogP) is 5.66. The van der Waals surface area contributed by atoms with Crippen LogP contribution in [0.4, 0.5) is 0 Å². The Balaban J connectivity index is 1.82. The number of carbonyl (C=O) groups is 1. The molecule has 3 rings (SSSR count). The van der Waals surface area contributed by atoms with Crippen LogP contribution in [0.15, 0.2) is 71.3 Å². The zero-order valence-corrected chi connectivity index (χ0v) is 17.6. The van der Waals surface area contributed by atoms with Crippen molar-refractivity contribution in [1.29, 1.82) is 0 Å². The molecule has 1 aromatic heterocycles. The molecule has 1 amide bonds. The zero-order chi connectivity index (χ0) is 19.4. The fourth-order valence-electron chi connectivity index (χ4n) is 3.09. The summed E-state index contributed by atoms with van der Waals surface area (Å²) in [5.74, 6) is 0.0422. The number of aromatic nitrogens is 1. The van der Waals surface area contributed by atoms with Gasteiger partial charge in [0.15, 0.2) is 0 Å². The van der Waals surface area contributed by atoms with E-state index in [1.54, 1.807) is 0 Å². The van der Waals surface area contributed by atoms with Crippen LogP contribution in [0.2, 0.25) is 0 Å². The topological polar surface area (TPSA) is 25.2 Å². The van der Waals surface area contributed by atoms with Gasteiger partial charge >= 0.3 is 0 Å². The number of carbonyl (C=O) groups excluding carboxylic acids is 1. The molecule has 27 heavy (non-hydrogen) atoms. The first-order valence-electron chi connectivity index (χ1n) is 9.21. The molecule has 0 spiro atoms. The van der Waals surface area contributed by atoms with Gasteiger partial charge in [-0.05, 0) is 66.5 Å². The van der Waals surface area contributed by atoms with Gasteiger partial charge < -0.3 is 9.47 Å². The van der Waals surface area contributed by atoms with Gasteiger partial charge in [-0.2, -0.15) is 0 Å². The minimum absolute atomic E-state index is 0.0422. The highest BCUT2D eigenvalue weighted by Crippen LogP contribution is 2.21. The molecule has 0 aliphatic carbocycles. The number of amides is 1.